The summed E-state index contributed by atoms with van der Waals surface area (Å²) >= 11 is 0. The number of carbonyl (C=O) groups excluding carboxylic acids is 1. The minimum absolute atomic E-state index is 0.0699. The maximum Gasteiger partial charge on any atom is 0.138 e. The molecule has 102 valence electrons. The third-order valence-corrected chi connectivity index (χ3v) is 5.70. The molecule has 3 fully saturated rings. The molecule has 3 aliphatic carbocycles. The summed E-state index contributed by atoms with van der Waals surface area (Å²) in [5, 5.41) is 21.9. The molecule has 0 aromatic carbocycles. The predicted molar refractivity (Wildman–Crippen MR) is 68.1 cm³/mol. The molecule has 3 saturated carbocycles. The first-order valence-corrected chi connectivity index (χ1v) is 7.54. The second-order valence-electron chi connectivity index (χ2n) is 6.66. The van der Waals surface area contributed by atoms with Gasteiger partial charge < -0.3 is 10.2 Å². The van der Waals surface area contributed by atoms with Gasteiger partial charge in [-0.25, -0.2) is 0 Å². The van der Waals surface area contributed by atoms with E-state index in [9.17, 15) is 15.0 Å². The molecule has 0 aromatic heterocycles. The molecule has 0 bridgehead atoms. The van der Waals surface area contributed by atoms with Crippen molar-refractivity contribution < 1.29 is 15.0 Å². The number of carbonyl (C=O) groups is 1. The van der Waals surface area contributed by atoms with Crippen molar-refractivity contribution in [2.75, 3.05) is 0 Å². The Balaban J connectivity index is 1.87. The quantitative estimate of drug-likeness (QED) is 0.792. The van der Waals surface area contributed by atoms with E-state index in [1.807, 2.05) is 0 Å². The van der Waals surface area contributed by atoms with Crippen molar-refractivity contribution in [1.82, 2.24) is 0 Å². The molecule has 0 aliphatic heterocycles. The van der Waals surface area contributed by atoms with Crippen molar-refractivity contribution in [2.24, 2.45) is 11.8 Å². The normalized spacial score (nSPS) is 43.8. The first-order chi connectivity index (χ1) is 8.56. The minimum atomic E-state index is -0.910. The van der Waals surface area contributed by atoms with Crippen molar-refractivity contribution in [3.63, 3.8) is 0 Å². The lowest BCUT2D eigenvalue weighted by Gasteiger charge is -2.42. The molecule has 0 aromatic rings. The van der Waals surface area contributed by atoms with E-state index in [4.69, 9.17) is 0 Å². The third kappa shape index (κ3) is 1.75. The second-order valence-corrected chi connectivity index (χ2v) is 6.66. The van der Waals surface area contributed by atoms with Gasteiger partial charge in [-0.15, -0.1) is 0 Å². The van der Waals surface area contributed by atoms with Crippen molar-refractivity contribution in [2.45, 2.75) is 75.4 Å². The summed E-state index contributed by atoms with van der Waals surface area (Å²) in [7, 11) is 0. The summed E-state index contributed by atoms with van der Waals surface area (Å²) in [5.41, 5.74) is -1.61. The molecule has 3 nitrogen and oxygen atoms in total. The summed E-state index contributed by atoms with van der Waals surface area (Å²) in [6.45, 7) is 0. The van der Waals surface area contributed by atoms with E-state index < -0.39 is 11.2 Å². The zero-order chi connectivity index (χ0) is 12.8. The van der Waals surface area contributed by atoms with Crippen LogP contribution in [0.15, 0.2) is 0 Å². The summed E-state index contributed by atoms with van der Waals surface area (Å²) < 4.78 is 0. The lowest BCUT2D eigenvalue weighted by molar-refractivity contribution is -0.149. The molecule has 0 spiro atoms. The number of hydrogen-bond donors (Lipinski definition) is 2. The molecule has 0 amide bonds. The van der Waals surface area contributed by atoms with Crippen LogP contribution in [-0.2, 0) is 4.79 Å². The average molecular weight is 252 g/mol. The SMILES string of the molecule is O=C1CCCC1C1(O)CCCC1C1(O)CCCC1. The first kappa shape index (κ1) is 12.6. The Morgan fingerprint density at radius 1 is 0.944 bits per heavy atom. The molecule has 18 heavy (non-hydrogen) atoms. The van der Waals surface area contributed by atoms with Crippen LogP contribution in [0.4, 0.5) is 0 Å². The monoisotopic (exact) mass is 252 g/mol. The highest BCUT2D eigenvalue weighted by Crippen LogP contribution is 2.53. The zero-order valence-electron chi connectivity index (χ0n) is 11.0. The van der Waals surface area contributed by atoms with Gasteiger partial charge in [0.25, 0.3) is 0 Å². The minimum Gasteiger partial charge on any atom is -0.389 e. The van der Waals surface area contributed by atoms with Gasteiger partial charge in [0.15, 0.2) is 0 Å². The number of hydrogen-bond acceptors (Lipinski definition) is 3. The molecule has 0 heterocycles. The van der Waals surface area contributed by atoms with Crippen LogP contribution in [0.3, 0.4) is 0 Å². The highest BCUT2D eigenvalue weighted by atomic mass is 16.3. The summed E-state index contributed by atoms with van der Waals surface area (Å²) in [5.74, 6) is -0.0415. The Kier molecular flexibility index (Phi) is 3.02. The van der Waals surface area contributed by atoms with E-state index in [-0.39, 0.29) is 17.6 Å². The molecule has 3 atom stereocenters. The van der Waals surface area contributed by atoms with E-state index >= 15 is 0 Å². The zero-order valence-corrected chi connectivity index (χ0v) is 11.0. The number of rotatable bonds is 2. The van der Waals surface area contributed by atoms with Gasteiger partial charge >= 0.3 is 0 Å². The van der Waals surface area contributed by atoms with Gasteiger partial charge in [0, 0.05) is 18.3 Å². The van der Waals surface area contributed by atoms with Crippen molar-refractivity contribution in [1.29, 1.82) is 0 Å². The van der Waals surface area contributed by atoms with Gasteiger partial charge in [0.2, 0.25) is 0 Å². The number of aliphatic hydroxyl groups is 2. The van der Waals surface area contributed by atoms with Crippen LogP contribution < -0.4 is 0 Å². The van der Waals surface area contributed by atoms with Crippen LogP contribution in [0.5, 0.6) is 0 Å². The lowest BCUT2D eigenvalue weighted by atomic mass is 9.69. The fourth-order valence-corrected chi connectivity index (χ4v) is 4.84. The fraction of sp³-hybridized carbons (Fsp3) is 0.933. The van der Waals surface area contributed by atoms with Crippen molar-refractivity contribution in [3.05, 3.63) is 0 Å². The van der Waals surface area contributed by atoms with Crippen LogP contribution in [-0.4, -0.2) is 27.2 Å². The summed E-state index contributed by atoms with van der Waals surface area (Å²) in [6.07, 6.45) is 8.63. The van der Waals surface area contributed by atoms with Crippen LogP contribution in [0.25, 0.3) is 0 Å². The summed E-state index contributed by atoms with van der Waals surface area (Å²) in [4.78, 5) is 12.0. The van der Waals surface area contributed by atoms with Crippen LogP contribution >= 0.6 is 0 Å². The highest BCUT2D eigenvalue weighted by molar-refractivity contribution is 5.84. The molecular weight excluding hydrogens is 228 g/mol. The topological polar surface area (TPSA) is 57.5 Å². The Hall–Kier alpha value is -0.410. The van der Waals surface area contributed by atoms with Crippen LogP contribution in [0.1, 0.15) is 64.2 Å². The molecule has 0 saturated heterocycles. The van der Waals surface area contributed by atoms with Gasteiger partial charge in [-0.1, -0.05) is 19.3 Å². The van der Waals surface area contributed by atoms with Gasteiger partial charge in [-0.3, -0.25) is 4.79 Å². The molecule has 0 radical (unpaired) electrons. The van der Waals surface area contributed by atoms with Crippen molar-refractivity contribution >= 4 is 5.78 Å². The molecule has 2 N–H and O–H groups in total. The number of Topliss-reactive ketones (excluding diaryl/α,β-unsaturated/α-hetero) is 1. The Morgan fingerprint density at radius 2 is 1.67 bits per heavy atom. The predicted octanol–water partition coefficient (Wildman–Crippen LogP) is 2.19. The third-order valence-electron chi connectivity index (χ3n) is 5.70. The van der Waals surface area contributed by atoms with E-state index in [1.54, 1.807) is 0 Å². The maximum atomic E-state index is 12.0. The van der Waals surface area contributed by atoms with E-state index in [0.717, 1.165) is 51.4 Å². The molecule has 3 heteroatoms. The molecular formula is C15H24O3. The smallest absolute Gasteiger partial charge is 0.138 e. The van der Waals surface area contributed by atoms with Crippen LogP contribution in [0, 0.1) is 11.8 Å². The van der Waals surface area contributed by atoms with E-state index in [2.05, 4.69) is 0 Å². The lowest BCUT2D eigenvalue weighted by Crippen LogP contribution is -2.52. The Morgan fingerprint density at radius 3 is 2.28 bits per heavy atom. The Bertz CT molecular complexity index is 346. The standard InChI is InChI=1S/C15H24O3/c16-12-6-3-5-11(12)15(18)10-4-7-13(15)14(17)8-1-2-9-14/h11,13,17-18H,1-10H2. The fourth-order valence-electron chi connectivity index (χ4n) is 4.84. The van der Waals surface area contributed by atoms with Crippen LogP contribution in [0.2, 0.25) is 0 Å². The maximum absolute atomic E-state index is 12.0. The second kappa shape index (κ2) is 4.31. The molecule has 3 rings (SSSR count). The molecule has 3 aliphatic rings. The van der Waals surface area contributed by atoms with E-state index in [1.165, 1.54) is 0 Å². The van der Waals surface area contributed by atoms with Gasteiger partial charge in [-0.05, 0) is 38.5 Å². The van der Waals surface area contributed by atoms with E-state index in [0.29, 0.717) is 12.8 Å². The van der Waals surface area contributed by atoms with Crippen molar-refractivity contribution in [3.8, 4) is 0 Å². The summed E-state index contributed by atoms with van der Waals surface area (Å²) in [6, 6.07) is 0. The highest BCUT2D eigenvalue weighted by Gasteiger charge is 2.58. The number of ketones is 1. The van der Waals surface area contributed by atoms with Gasteiger partial charge in [0.1, 0.15) is 5.78 Å². The largest absolute Gasteiger partial charge is 0.389 e. The Labute approximate surface area is 109 Å². The first-order valence-electron chi connectivity index (χ1n) is 7.54. The average Bonchev–Trinajstić information content (AvgIpc) is 3.00. The van der Waals surface area contributed by atoms with Gasteiger partial charge in [-0.2, -0.15) is 0 Å². The molecule has 3 unspecified atom stereocenters. The van der Waals surface area contributed by atoms with Gasteiger partial charge in [0.05, 0.1) is 11.2 Å².